The Morgan fingerprint density at radius 3 is 2.48 bits per heavy atom. The standard InChI is InChI=1S/C15H16Br2N2O2S2/c16-12-3-4-14(17)15(10-12)23(20,21)19-7-5-18(6-8-19)11-13-2-1-9-22-13/h1-4,9-10H,5-8,11H2. The molecule has 0 aliphatic carbocycles. The molecule has 3 rings (SSSR count). The van der Waals surface area contributed by atoms with Gasteiger partial charge in [0.2, 0.25) is 10.0 Å². The first-order chi connectivity index (χ1) is 11.0. The van der Waals surface area contributed by atoms with Gasteiger partial charge in [0, 0.05) is 46.5 Å². The van der Waals surface area contributed by atoms with Crippen LogP contribution in [0.4, 0.5) is 0 Å². The van der Waals surface area contributed by atoms with Crippen LogP contribution < -0.4 is 0 Å². The molecule has 23 heavy (non-hydrogen) atoms. The average molecular weight is 480 g/mol. The SMILES string of the molecule is O=S(=O)(c1cc(Br)ccc1Br)N1CCN(Cc2cccs2)CC1. The van der Waals surface area contributed by atoms with Gasteiger partial charge in [-0.3, -0.25) is 4.90 Å². The fourth-order valence-corrected chi connectivity index (χ4v) is 6.20. The van der Waals surface area contributed by atoms with Crippen molar-refractivity contribution >= 4 is 53.2 Å². The van der Waals surface area contributed by atoms with Crippen molar-refractivity contribution in [1.82, 2.24) is 9.21 Å². The fraction of sp³-hybridized carbons (Fsp3) is 0.333. The van der Waals surface area contributed by atoms with Gasteiger partial charge in [0.1, 0.15) is 0 Å². The lowest BCUT2D eigenvalue weighted by molar-refractivity contribution is 0.183. The Bertz CT molecular complexity index is 771. The molecule has 0 amide bonds. The molecule has 0 radical (unpaired) electrons. The van der Waals surface area contributed by atoms with Crippen LogP contribution in [0.5, 0.6) is 0 Å². The lowest BCUT2D eigenvalue weighted by Crippen LogP contribution is -2.48. The summed E-state index contributed by atoms with van der Waals surface area (Å²) in [6, 6.07) is 9.39. The highest BCUT2D eigenvalue weighted by atomic mass is 79.9. The summed E-state index contributed by atoms with van der Waals surface area (Å²) >= 11 is 8.43. The molecular formula is C15H16Br2N2O2S2. The minimum Gasteiger partial charge on any atom is -0.296 e. The number of thiophene rings is 1. The highest BCUT2D eigenvalue weighted by Crippen LogP contribution is 2.29. The number of piperazine rings is 1. The van der Waals surface area contributed by atoms with E-state index in [0.29, 0.717) is 22.5 Å². The molecule has 1 aliphatic heterocycles. The molecule has 2 aromatic rings. The van der Waals surface area contributed by atoms with E-state index in [-0.39, 0.29) is 0 Å². The van der Waals surface area contributed by atoms with E-state index in [0.717, 1.165) is 24.1 Å². The second-order valence-corrected chi connectivity index (χ2v) is 10.0. The van der Waals surface area contributed by atoms with E-state index in [1.807, 2.05) is 12.1 Å². The fourth-order valence-electron chi connectivity index (χ4n) is 2.56. The minimum absolute atomic E-state index is 0.318. The van der Waals surface area contributed by atoms with Crippen molar-refractivity contribution in [3.05, 3.63) is 49.5 Å². The third kappa shape index (κ3) is 4.05. The second-order valence-electron chi connectivity index (χ2n) is 5.33. The summed E-state index contributed by atoms with van der Waals surface area (Å²) < 4.78 is 28.6. The van der Waals surface area contributed by atoms with Crippen LogP contribution in [0, 0.1) is 0 Å². The highest BCUT2D eigenvalue weighted by Gasteiger charge is 2.30. The lowest BCUT2D eigenvalue weighted by atomic mass is 10.3. The number of rotatable bonds is 4. The number of sulfonamides is 1. The Balaban J connectivity index is 1.70. The molecular weight excluding hydrogens is 464 g/mol. The van der Waals surface area contributed by atoms with Crippen LogP contribution in [0.25, 0.3) is 0 Å². The van der Waals surface area contributed by atoms with Gasteiger partial charge in [0.15, 0.2) is 0 Å². The number of halogens is 2. The normalized spacial score (nSPS) is 17.5. The third-order valence-corrected chi connectivity index (χ3v) is 8.05. The van der Waals surface area contributed by atoms with E-state index >= 15 is 0 Å². The van der Waals surface area contributed by atoms with Crippen molar-refractivity contribution in [2.75, 3.05) is 26.2 Å². The van der Waals surface area contributed by atoms with Gasteiger partial charge in [0.05, 0.1) is 4.90 Å². The maximum atomic E-state index is 12.8. The minimum atomic E-state index is -3.47. The topological polar surface area (TPSA) is 40.6 Å². The van der Waals surface area contributed by atoms with Gasteiger partial charge in [-0.25, -0.2) is 8.42 Å². The van der Waals surface area contributed by atoms with Gasteiger partial charge in [0.25, 0.3) is 0 Å². The quantitative estimate of drug-likeness (QED) is 0.669. The van der Waals surface area contributed by atoms with Gasteiger partial charge >= 0.3 is 0 Å². The number of hydrogen-bond donors (Lipinski definition) is 0. The molecule has 1 aromatic carbocycles. The summed E-state index contributed by atoms with van der Waals surface area (Å²) in [6.07, 6.45) is 0. The first-order valence-corrected chi connectivity index (χ1v) is 11.1. The largest absolute Gasteiger partial charge is 0.296 e. The van der Waals surface area contributed by atoms with Crippen LogP contribution in [-0.4, -0.2) is 43.8 Å². The predicted octanol–water partition coefficient (Wildman–Crippen LogP) is 3.78. The molecule has 0 atom stereocenters. The molecule has 1 aromatic heterocycles. The Labute approximate surface area is 157 Å². The Morgan fingerprint density at radius 2 is 1.83 bits per heavy atom. The average Bonchev–Trinajstić information content (AvgIpc) is 3.03. The molecule has 124 valence electrons. The monoisotopic (exact) mass is 478 g/mol. The van der Waals surface area contributed by atoms with Gasteiger partial charge in [-0.05, 0) is 45.6 Å². The molecule has 1 saturated heterocycles. The van der Waals surface area contributed by atoms with E-state index in [9.17, 15) is 8.42 Å². The van der Waals surface area contributed by atoms with Gasteiger partial charge in [-0.2, -0.15) is 4.31 Å². The summed E-state index contributed by atoms with van der Waals surface area (Å²) in [5, 5.41) is 2.07. The van der Waals surface area contributed by atoms with Crippen molar-refractivity contribution in [2.45, 2.75) is 11.4 Å². The van der Waals surface area contributed by atoms with Crippen molar-refractivity contribution in [1.29, 1.82) is 0 Å². The Hall–Kier alpha value is -0.250. The zero-order valence-corrected chi connectivity index (χ0v) is 17.1. The van der Waals surface area contributed by atoms with E-state index in [1.165, 1.54) is 4.88 Å². The molecule has 4 nitrogen and oxygen atoms in total. The van der Waals surface area contributed by atoms with Crippen LogP contribution in [-0.2, 0) is 16.6 Å². The van der Waals surface area contributed by atoms with Gasteiger partial charge in [-0.15, -0.1) is 11.3 Å². The summed E-state index contributed by atoms with van der Waals surface area (Å²) in [7, 11) is -3.47. The molecule has 8 heteroatoms. The zero-order valence-electron chi connectivity index (χ0n) is 12.3. The molecule has 0 unspecified atom stereocenters. The summed E-state index contributed by atoms with van der Waals surface area (Å²) in [5.74, 6) is 0. The van der Waals surface area contributed by atoms with Crippen LogP contribution in [0.3, 0.4) is 0 Å². The third-order valence-electron chi connectivity index (χ3n) is 3.80. The van der Waals surface area contributed by atoms with E-state index < -0.39 is 10.0 Å². The molecule has 1 fully saturated rings. The van der Waals surface area contributed by atoms with Gasteiger partial charge in [-0.1, -0.05) is 22.0 Å². The highest BCUT2D eigenvalue weighted by molar-refractivity contribution is 9.11. The van der Waals surface area contributed by atoms with E-state index in [1.54, 1.807) is 27.8 Å². The van der Waals surface area contributed by atoms with Crippen molar-refractivity contribution in [2.24, 2.45) is 0 Å². The molecule has 0 saturated carbocycles. The maximum absolute atomic E-state index is 12.8. The van der Waals surface area contributed by atoms with Gasteiger partial charge < -0.3 is 0 Å². The predicted molar refractivity (Wildman–Crippen MR) is 100 cm³/mol. The number of hydrogen-bond acceptors (Lipinski definition) is 4. The molecule has 0 N–H and O–H groups in total. The Morgan fingerprint density at radius 1 is 1.09 bits per heavy atom. The van der Waals surface area contributed by atoms with E-state index in [4.69, 9.17) is 0 Å². The number of nitrogens with zero attached hydrogens (tertiary/aromatic N) is 2. The van der Waals surface area contributed by atoms with Crippen LogP contribution in [0.1, 0.15) is 4.88 Å². The summed E-state index contributed by atoms with van der Waals surface area (Å²) in [4.78, 5) is 3.93. The van der Waals surface area contributed by atoms with Crippen molar-refractivity contribution < 1.29 is 8.42 Å². The first-order valence-electron chi connectivity index (χ1n) is 7.17. The molecule has 2 heterocycles. The molecule has 0 spiro atoms. The van der Waals surface area contributed by atoms with E-state index in [2.05, 4.69) is 48.2 Å². The smallest absolute Gasteiger partial charge is 0.244 e. The van der Waals surface area contributed by atoms with Crippen LogP contribution in [0.2, 0.25) is 0 Å². The summed E-state index contributed by atoms with van der Waals surface area (Å²) in [6.45, 7) is 3.44. The first kappa shape index (κ1) is 17.6. The Kier molecular flexibility index (Phi) is 5.60. The van der Waals surface area contributed by atoms with Crippen molar-refractivity contribution in [3.63, 3.8) is 0 Å². The molecule has 0 bridgehead atoms. The molecule has 1 aliphatic rings. The lowest BCUT2D eigenvalue weighted by Gasteiger charge is -2.33. The van der Waals surface area contributed by atoms with Crippen LogP contribution >= 0.6 is 43.2 Å². The van der Waals surface area contributed by atoms with Crippen LogP contribution in [0.15, 0.2) is 49.6 Å². The maximum Gasteiger partial charge on any atom is 0.244 e. The van der Waals surface area contributed by atoms with Crippen molar-refractivity contribution in [3.8, 4) is 0 Å². The second kappa shape index (κ2) is 7.33. The summed E-state index contributed by atoms with van der Waals surface area (Å²) in [5.41, 5.74) is 0. The zero-order chi connectivity index (χ0) is 16.4. The number of benzene rings is 1.